The first-order chi connectivity index (χ1) is 8.91. The molecule has 8 heteroatoms. The first-order valence-corrected chi connectivity index (χ1v) is 5.37. The van der Waals surface area contributed by atoms with Crippen molar-refractivity contribution in [2.24, 2.45) is 5.73 Å². The minimum absolute atomic E-state index is 0.470. The molecule has 0 bridgehead atoms. The summed E-state index contributed by atoms with van der Waals surface area (Å²) < 4.78 is 0. The highest BCUT2D eigenvalue weighted by Crippen LogP contribution is 2.09. The number of hydrogen-bond donors (Lipinski definition) is 3. The zero-order chi connectivity index (χ0) is 14.4. The Morgan fingerprint density at radius 2 is 2.21 bits per heavy atom. The van der Waals surface area contributed by atoms with Crippen LogP contribution in [0.1, 0.15) is 6.42 Å². The highest BCUT2D eigenvalue weighted by Gasteiger charge is 2.24. The summed E-state index contributed by atoms with van der Waals surface area (Å²) in [7, 11) is 1.45. The van der Waals surface area contributed by atoms with E-state index in [1.165, 1.54) is 18.1 Å². The maximum absolute atomic E-state index is 11.8. The lowest BCUT2D eigenvalue weighted by molar-refractivity contribution is -0.140. The molecule has 0 saturated carbocycles. The van der Waals surface area contributed by atoms with Crippen LogP contribution in [0.4, 0.5) is 10.5 Å². The Morgan fingerprint density at radius 1 is 1.53 bits per heavy atom. The van der Waals surface area contributed by atoms with Gasteiger partial charge in [0, 0.05) is 13.2 Å². The molecule has 0 radical (unpaired) electrons. The van der Waals surface area contributed by atoms with E-state index in [0.29, 0.717) is 5.69 Å². The van der Waals surface area contributed by atoms with E-state index in [4.69, 9.17) is 10.8 Å². The molecule has 0 aliphatic heterocycles. The van der Waals surface area contributed by atoms with Gasteiger partial charge in [0.15, 0.2) is 0 Å². The number of rotatable bonds is 5. The molecule has 0 aliphatic carbocycles. The van der Waals surface area contributed by atoms with E-state index in [9.17, 15) is 14.4 Å². The fraction of sp³-hybridized carbons (Fsp3) is 0.273. The molecule has 3 amide bonds. The molecule has 0 saturated heterocycles. The molecule has 0 aromatic carbocycles. The number of carbonyl (C=O) groups is 3. The Balaban J connectivity index is 2.72. The van der Waals surface area contributed by atoms with Crippen LogP contribution in [0, 0.1) is 0 Å². The van der Waals surface area contributed by atoms with Gasteiger partial charge in [-0.2, -0.15) is 0 Å². The zero-order valence-corrected chi connectivity index (χ0v) is 10.2. The third kappa shape index (κ3) is 4.26. The van der Waals surface area contributed by atoms with E-state index in [-0.39, 0.29) is 0 Å². The second-order valence-corrected chi connectivity index (χ2v) is 3.78. The summed E-state index contributed by atoms with van der Waals surface area (Å²) in [5.74, 6) is -2.14. The molecule has 102 valence electrons. The van der Waals surface area contributed by atoms with Gasteiger partial charge in [-0.25, -0.2) is 9.59 Å². The number of nitrogens with two attached hydrogens (primary N) is 1. The summed E-state index contributed by atoms with van der Waals surface area (Å²) in [6.45, 7) is 0. The van der Waals surface area contributed by atoms with E-state index in [1.807, 2.05) is 0 Å². The lowest BCUT2D eigenvalue weighted by atomic mass is 10.2. The molecule has 1 rings (SSSR count). The van der Waals surface area contributed by atoms with E-state index >= 15 is 0 Å². The highest BCUT2D eigenvalue weighted by molar-refractivity contribution is 5.95. The van der Waals surface area contributed by atoms with E-state index in [2.05, 4.69) is 10.3 Å². The lowest BCUT2D eigenvalue weighted by Crippen LogP contribution is -2.48. The van der Waals surface area contributed by atoms with Crippen LogP contribution in [0.2, 0.25) is 0 Å². The topological polar surface area (TPSA) is 126 Å². The number of nitrogens with one attached hydrogen (secondary N) is 1. The standard InChI is InChI=1S/C11H14N4O4/c1-15(7-3-2-4-13-6-7)11(19)14-8(10(17)18)5-9(12)16/h2-4,6,8H,5H2,1H3,(H2,12,16)(H,14,19)(H,17,18). The van der Waals surface area contributed by atoms with Crippen LogP contribution >= 0.6 is 0 Å². The highest BCUT2D eigenvalue weighted by atomic mass is 16.4. The second kappa shape index (κ2) is 6.34. The molecule has 8 nitrogen and oxygen atoms in total. The molecule has 0 fully saturated rings. The van der Waals surface area contributed by atoms with Crippen molar-refractivity contribution in [1.82, 2.24) is 10.3 Å². The van der Waals surface area contributed by atoms with Crippen molar-refractivity contribution >= 4 is 23.6 Å². The smallest absolute Gasteiger partial charge is 0.326 e. The number of aliphatic carboxylic acids is 1. The average molecular weight is 266 g/mol. The predicted molar refractivity (Wildman–Crippen MR) is 66.4 cm³/mol. The molecule has 0 aliphatic rings. The van der Waals surface area contributed by atoms with Crippen molar-refractivity contribution in [3.8, 4) is 0 Å². The monoisotopic (exact) mass is 266 g/mol. The van der Waals surface area contributed by atoms with Gasteiger partial charge in [0.05, 0.1) is 18.3 Å². The largest absolute Gasteiger partial charge is 0.480 e. The number of amides is 3. The summed E-state index contributed by atoms with van der Waals surface area (Å²) >= 11 is 0. The molecule has 1 atom stereocenters. The maximum atomic E-state index is 11.8. The van der Waals surface area contributed by atoms with Crippen molar-refractivity contribution in [1.29, 1.82) is 0 Å². The number of nitrogens with zero attached hydrogens (tertiary/aromatic N) is 2. The number of hydrogen-bond acceptors (Lipinski definition) is 4. The van der Waals surface area contributed by atoms with E-state index in [1.54, 1.807) is 18.3 Å². The van der Waals surface area contributed by atoms with Crippen molar-refractivity contribution in [2.75, 3.05) is 11.9 Å². The Kier molecular flexibility index (Phi) is 4.81. The predicted octanol–water partition coefficient (Wildman–Crippen LogP) is -0.444. The number of carboxylic acids is 1. The Bertz CT molecular complexity index is 477. The van der Waals surface area contributed by atoms with Gasteiger partial charge in [-0.3, -0.25) is 14.7 Å². The first kappa shape index (κ1) is 14.4. The normalized spacial score (nSPS) is 11.4. The van der Waals surface area contributed by atoms with E-state index < -0.39 is 30.4 Å². The Labute approximate surface area is 109 Å². The maximum Gasteiger partial charge on any atom is 0.326 e. The molecule has 0 spiro atoms. The molecule has 1 unspecified atom stereocenters. The molecule has 1 heterocycles. The fourth-order valence-corrected chi connectivity index (χ4v) is 1.32. The van der Waals surface area contributed by atoms with Crippen molar-refractivity contribution in [2.45, 2.75) is 12.5 Å². The minimum atomic E-state index is -1.36. The van der Waals surface area contributed by atoms with Crippen molar-refractivity contribution < 1.29 is 19.5 Å². The van der Waals surface area contributed by atoms with Gasteiger partial charge in [0.2, 0.25) is 5.91 Å². The summed E-state index contributed by atoms with van der Waals surface area (Å²) in [5, 5.41) is 11.1. The Hall–Kier alpha value is -2.64. The van der Waals surface area contributed by atoms with Gasteiger partial charge in [0.25, 0.3) is 0 Å². The van der Waals surface area contributed by atoms with Crippen LogP contribution in [0.5, 0.6) is 0 Å². The van der Waals surface area contributed by atoms with Crippen LogP contribution in [0.3, 0.4) is 0 Å². The number of anilines is 1. The van der Waals surface area contributed by atoms with Crippen LogP contribution in [0.15, 0.2) is 24.5 Å². The van der Waals surface area contributed by atoms with Gasteiger partial charge in [0.1, 0.15) is 6.04 Å². The molecular weight excluding hydrogens is 252 g/mol. The van der Waals surface area contributed by atoms with Gasteiger partial charge in [-0.05, 0) is 12.1 Å². The number of aromatic nitrogens is 1. The van der Waals surface area contributed by atoms with Crippen LogP contribution in [-0.4, -0.2) is 41.1 Å². The first-order valence-electron chi connectivity index (χ1n) is 5.37. The van der Waals surface area contributed by atoms with Crippen LogP contribution in [0.25, 0.3) is 0 Å². The van der Waals surface area contributed by atoms with Gasteiger partial charge in [-0.1, -0.05) is 0 Å². The molecule has 19 heavy (non-hydrogen) atoms. The lowest BCUT2D eigenvalue weighted by Gasteiger charge is -2.20. The third-order valence-corrected chi connectivity index (χ3v) is 2.34. The number of urea groups is 1. The molecule has 1 aromatic rings. The van der Waals surface area contributed by atoms with Crippen molar-refractivity contribution in [3.05, 3.63) is 24.5 Å². The number of pyridine rings is 1. The quantitative estimate of drug-likeness (QED) is 0.665. The average Bonchev–Trinajstić information content (AvgIpc) is 2.37. The number of carboxylic acid groups (broad SMARTS) is 1. The summed E-state index contributed by atoms with van der Waals surface area (Å²) in [6.07, 6.45) is 2.52. The molecule has 1 aromatic heterocycles. The van der Waals surface area contributed by atoms with E-state index in [0.717, 1.165) is 0 Å². The zero-order valence-electron chi connectivity index (χ0n) is 10.2. The third-order valence-electron chi connectivity index (χ3n) is 2.34. The molecule has 4 N–H and O–H groups in total. The van der Waals surface area contributed by atoms with Gasteiger partial charge >= 0.3 is 12.0 Å². The molecular formula is C11H14N4O4. The van der Waals surface area contributed by atoms with Crippen molar-refractivity contribution in [3.63, 3.8) is 0 Å². The minimum Gasteiger partial charge on any atom is -0.480 e. The van der Waals surface area contributed by atoms with Gasteiger partial charge in [-0.15, -0.1) is 0 Å². The Morgan fingerprint density at radius 3 is 2.68 bits per heavy atom. The summed E-state index contributed by atoms with van der Waals surface area (Å²) in [4.78, 5) is 38.4. The fourth-order valence-electron chi connectivity index (χ4n) is 1.32. The summed E-state index contributed by atoms with van der Waals surface area (Å²) in [6, 6.07) is 1.25. The van der Waals surface area contributed by atoms with Crippen LogP contribution < -0.4 is 16.0 Å². The summed E-state index contributed by atoms with van der Waals surface area (Å²) in [5.41, 5.74) is 5.41. The van der Waals surface area contributed by atoms with Crippen LogP contribution in [-0.2, 0) is 9.59 Å². The van der Waals surface area contributed by atoms with Gasteiger partial charge < -0.3 is 16.2 Å². The second-order valence-electron chi connectivity index (χ2n) is 3.78. The number of primary amides is 1. The number of carbonyl (C=O) groups excluding carboxylic acids is 2. The SMILES string of the molecule is CN(C(=O)NC(CC(N)=O)C(=O)O)c1cccnc1.